The van der Waals surface area contributed by atoms with Gasteiger partial charge in [-0.05, 0) is 78.9 Å². The van der Waals surface area contributed by atoms with Gasteiger partial charge in [-0.1, -0.05) is 6.07 Å². The van der Waals surface area contributed by atoms with Crippen LogP contribution in [0.3, 0.4) is 0 Å². The largest absolute Gasteiger partial charge is 0.490 e. The van der Waals surface area contributed by atoms with Gasteiger partial charge in [0.1, 0.15) is 11.9 Å². The van der Waals surface area contributed by atoms with Crippen LogP contribution in [0.15, 0.2) is 72.9 Å². The van der Waals surface area contributed by atoms with Gasteiger partial charge in [0.25, 0.3) is 5.91 Å². The number of hydrogen-bond acceptors (Lipinski definition) is 6. The lowest BCUT2D eigenvalue weighted by Crippen LogP contribution is -2.44. The molecule has 2 aromatic carbocycles. The number of hydrogen-bond donors (Lipinski definition) is 1. The van der Waals surface area contributed by atoms with Crippen molar-refractivity contribution in [2.24, 2.45) is 0 Å². The van der Waals surface area contributed by atoms with E-state index in [4.69, 9.17) is 4.74 Å². The fraction of sp³-hybridized carbons (Fsp3) is 0.375. The molecule has 220 valence electrons. The minimum atomic E-state index is -4.33. The third-order valence-corrected chi connectivity index (χ3v) is 9.15. The first kappa shape index (κ1) is 28.5. The second-order valence-corrected chi connectivity index (χ2v) is 12.1. The third-order valence-electron chi connectivity index (χ3n) is 8.05. The van der Waals surface area contributed by atoms with Gasteiger partial charge in [-0.25, -0.2) is 0 Å². The number of piperidine rings is 2. The number of pyridine rings is 1. The molecule has 0 unspecified atom stereocenters. The minimum Gasteiger partial charge on any atom is -0.490 e. The summed E-state index contributed by atoms with van der Waals surface area (Å²) < 4.78 is 45.9. The first-order chi connectivity index (χ1) is 20.3. The molecule has 0 bridgehead atoms. The molecule has 0 radical (unpaired) electrons. The summed E-state index contributed by atoms with van der Waals surface area (Å²) in [6.45, 7) is 4.11. The van der Waals surface area contributed by atoms with Crippen molar-refractivity contribution in [3.63, 3.8) is 0 Å². The van der Waals surface area contributed by atoms with E-state index in [-0.39, 0.29) is 18.1 Å². The highest BCUT2D eigenvalue weighted by molar-refractivity contribution is 7.20. The zero-order chi connectivity index (χ0) is 29.1. The zero-order valence-electron chi connectivity index (χ0n) is 23.1. The Morgan fingerprint density at radius 1 is 0.952 bits per heavy atom. The number of carbonyl (C=O) groups excluding carboxylic acids is 1. The lowest BCUT2D eigenvalue weighted by atomic mass is 10.0. The van der Waals surface area contributed by atoms with E-state index in [0.717, 1.165) is 84.7 Å². The standard InChI is InChI=1S/C32H33F3N4O2S/c33-32(34,35)23-5-7-26(8-6-23)39-17-12-27(13-18-39)41-28-9-4-22-19-30(42-29(22)20-28)31(40)37-24-10-15-38(16-11-24)21-25-3-1-2-14-36-25/h1-9,14,19-20,24,27H,10-13,15-18,21H2,(H,37,40). The van der Waals surface area contributed by atoms with Crippen molar-refractivity contribution < 1.29 is 22.7 Å². The summed E-state index contributed by atoms with van der Waals surface area (Å²) in [6, 6.07) is 19.4. The van der Waals surface area contributed by atoms with Crippen LogP contribution in [0.5, 0.6) is 5.75 Å². The van der Waals surface area contributed by atoms with E-state index < -0.39 is 11.7 Å². The highest BCUT2D eigenvalue weighted by Gasteiger charge is 2.30. The molecular formula is C32H33F3N4O2S. The van der Waals surface area contributed by atoms with Crippen LogP contribution in [0.25, 0.3) is 10.1 Å². The van der Waals surface area contributed by atoms with Gasteiger partial charge in [0.15, 0.2) is 0 Å². The summed E-state index contributed by atoms with van der Waals surface area (Å²) in [5.74, 6) is 0.738. The van der Waals surface area contributed by atoms with Gasteiger partial charge in [-0.15, -0.1) is 11.3 Å². The van der Waals surface area contributed by atoms with Crippen molar-refractivity contribution >= 4 is 33.0 Å². The number of ether oxygens (including phenoxy) is 1. The number of halogens is 3. The molecule has 0 aliphatic carbocycles. The first-order valence-corrected chi connectivity index (χ1v) is 15.2. The van der Waals surface area contributed by atoms with E-state index in [0.29, 0.717) is 18.0 Å². The van der Waals surface area contributed by atoms with Crippen LogP contribution in [-0.2, 0) is 12.7 Å². The quantitative estimate of drug-likeness (QED) is 0.256. The van der Waals surface area contributed by atoms with Crippen molar-refractivity contribution in [3.8, 4) is 5.75 Å². The number of anilines is 1. The van der Waals surface area contributed by atoms with Gasteiger partial charge in [0, 0.05) is 68.2 Å². The van der Waals surface area contributed by atoms with Crippen LogP contribution in [0.2, 0.25) is 0 Å². The molecule has 2 fully saturated rings. The van der Waals surface area contributed by atoms with Crippen molar-refractivity contribution in [2.45, 2.75) is 50.6 Å². The van der Waals surface area contributed by atoms with Crippen molar-refractivity contribution in [3.05, 3.63) is 89.1 Å². The van der Waals surface area contributed by atoms with Gasteiger partial charge >= 0.3 is 6.18 Å². The second-order valence-electron chi connectivity index (χ2n) is 11.0. The SMILES string of the molecule is O=C(NC1CCN(Cc2ccccn2)CC1)c1cc2ccc(OC3CCN(c4ccc(C(F)(F)F)cc4)CC3)cc2s1. The van der Waals surface area contributed by atoms with Crippen molar-refractivity contribution in [1.29, 1.82) is 0 Å². The molecule has 6 nitrogen and oxygen atoms in total. The number of likely N-dealkylation sites (tertiary alicyclic amines) is 1. The molecule has 4 heterocycles. The Morgan fingerprint density at radius 3 is 2.40 bits per heavy atom. The molecule has 2 saturated heterocycles. The summed E-state index contributed by atoms with van der Waals surface area (Å²) in [4.78, 5) is 22.6. The molecule has 6 rings (SSSR count). The van der Waals surface area contributed by atoms with Crippen LogP contribution in [0.1, 0.15) is 46.6 Å². The van der Waals surface area contributed by atoms with Crippen LogP contribution >= 0.6 is 11.3 Å². The maximum Gasteiger partial charge on any atom is 0.416 e. The van der Waals surface area contributed by atoms with Gasteiger partial charge in [-0.2, -0.15) is 13.2 Å². The summed E-state index contributed by atoms with van der Waals surface area (Å²) in [5, 5.41) is 4.24. The Morgan fingerprint density at radius 2 is 1.71 bits per heavy atom. The number of aromatic nitrogens is 1. The third kappa shape index (κ3) is 6.87. The van der Waals surface area contributed by atoms with Gasteiger partial charge < -0.3 is 15.0 Å². The van der Waals surface area contributed by atoms with E-state index >= 15 is 0 Å². The fourth-order valence-corrected chi connectivity index (χ4v) is 6.69. The Kier molecular flexibility index (Phi) is 8.35. The number of fused-ring (bicyclic) bond motifs is 1. The molecule has 1 N–H and O–H groups in total. The van der Waals surface area contributed by atoms with Crippen molar-refractivity contribution in [2.75, 3.05) is 31.1 Å². The normalized spacial score (nSPS) is 17.5. The molecule has 0 saturated carbocycles. The fourth-order valence-electron chi connectivity index (χ4n) is 5.69. The average Bonchev–Trinajstić information content (AvgIpc) is 3.43. The predicted molar refractivity (Wildman–Crippen MR) is 159 cm³/mol. The Balaban J connectivity index is 0.989. The molecule has 0 spiro atoms. The minimum absolute atomic E-state index is 0.0272. The molecule has 2 aliphatic rings. The number of benzene rings is 2. The van der Waals surface area contributed by atoms with Gasteiger partial charge in [0.05, 0.1) is 16.1 Å². The molecule has 4 aromatic rings. The van der Waals surface area contributed by atoms with E-state index in [1.165, 1.54) is 23.5 Å². The molecule has 0 atom stereocenters. The Hall–Kier alpha value is -3.63. The molecular weight excluding hydrogens is 561 g/mol. The summed E-state index contributed by atoms with van der Waals surface area (Å²) in [5.41, 5.74) is 1.23. The number of carbonyl (C=O) groups is 1. The van der Waals surface area contributed by atoms with Crippen LogP contribution < -0.4 is 15.0 Å². The maximum absolute atomic E-state index is 13.1. The number of nitrogens with zero attached hydrogens (tertiary/aromatic N) is 3. The van der Waals surface area contributed by atoms with Crippen LogP contribution in [-0.4, -0.2) is 54.1 Å². The van der Waals surface area contributed by atoms with Gasteiger partial charge in [0.2, 0.25) is 0 Å². The van der Waals surface area contributed by atoms with Crippen LogP contribution in [0, 0.1) is 0 Å². The van der Waals surface area contributed by atoms with Gasteiger partial charge in [-0.3, -0.25) is 14.7 Å². The molecule has 2 aliphatic heterocycles. The number of amides is 1. The number of rotatable bonds is 7. The highest BCUT2D eigenvalue weighted by atomic mass is 32.1. The van der Waals surface area contributed by atoms with Crippen molar-refractivity contribution in [1.82, 2.24) is 15.2 Å². The van der Waals surface area contributed by atoms with E-state index in [1.54, 1.807) is 0 Å². The molecule has 1 amide bonds. The summed E-state index contributed by atoms with van der Waals surface area (Å²) in [7, 11) is 0. The second kappa shape index (κ2) is 12.3. The Bertz CT molecular complexity index is 1490. The van der Waals surface area contributed by atoms with Crippen LogP contribution in [0.4, 0.5) is 18.9 Å². The summed E-state index contributed by atoms with van der Waals surface area (Å²) in [6.07, 6.45) is 0.904. The van der Waals surface area contributed by atoms with E-state index in [9.17, 15) is 18.0 Å². The predicted octanol–water partition coefficient (Wildman–Crippen LogP) is 6.76. The maximum atomic E-state index is 13.1. The highest BCUT2D eigenvalue weighted by Crippen LogP contribution is 2.33. The van der Waals surface area contributed by atoms with E-state index in [2.05, 4.69) is 20.1 Å². The monoisotopic (exact) mass is 594 g/mol. The van der Waals surface area contributed by atoms with E-state index in [1.807, 2.05) is 48.7 Å². The number of thiophene rings is 1. The lowest BCUT2D eigenvalue weighted by molar-refractivity contribution is -0.137. The topological polar surface area (TPSA) is 57.7 Å². The molecule has 42 heavy (non-hydrogen) atoms. The number of alkyl halides is 3. The Labute approximate surface area is 247 Å². The smallest absolute Gasteiger partial charge is 0.416 e. The lowest BCUT2D eigenvalue weighted by Gasteiger charge is -2.33. The summed E-state index contributed by atoms with van der Waals surface area (Å²) >= 11 is 1.47. The molecule has 2 aromatic heterocycles. The molecule has 10 heteroatoms. The first-order valence-electron chi connectivity index (χ1n) is 14.4. The number of nitrogens with one attached hydrogen (secondary N) is 1. The average molecular weight is 595 g/mol. The zero-order valence-corrected chi connectivity index (χ0v) is 24.0.